The van der Waals surface area contributed by atoms with Crippen LogP contribution in [0.25, 0.3) is 0 Å². The molecule has 0 aromatic rings. The van der Waals surface area contributed by atoms with Gasteiger partial charge in [0.25, 0.3) is 0 Å². The molecule has 4 nitrogen and oxygen atoms in total. The normalized spacial score (nSPS) is 10.3. The van der Waals surface area contributed by atoms with E-state index in [1.165, 1.54) is 0 Å². The fourth-order valence-electron chi connectivity index (χ4n) is 0.345. The summed E-state index contributed by atoms with van der Waals surface area (Å²) in [6, 6.07) is 0. The summed E-state index contributed by atoms with van der Waals surface area (Å²) >= 11 is 2.50. The van der Waals surface area contributed by atoms with E-state index >= 15 is 0 Å². The van der Waals surface area contributed by atoms with Crippen molar-refractivity contribution in [2.24, 2.45) is 5.73 Å². The van der Waals surface area contributed by atoms with Crippen LogP contribution in [0.1, 0.15) is 0 Å². The van der Waals surface area contributed by atoms with Gasteiger partial charge in [0.05, 0.1) is 0 Å². The largest absolute Gasteiger partial charge is 0 e. The molecule has 0 aliphatic heterocycles. The maximum Gasteiger partial charge on any atom is 0 e. The molecule has 0 spiro atoms. The molecule has 0 saturated heterocycles. The summed E-state index contributed by atoms with van der Waals surface area (Å²) in [5.41, 5.74) is 4.91. The Labute approximate surface area is 99.6 Å². The van der Waals surface area contributed by atoms with Crippen LogP contribution < -0.4 is 10.1 Å². The van der Waals surface area contributed by atoms with Gasteiger partial charge in [0, 0.05) is 32.7 Å². The molecule has 0 aromatic heterocycles. The molecule has 0 fully saturated rings. The second kappa shape index (κ2) is 8.71. The van der Waals surface area contributed by atoms with Gasteiger partial charge in [0.1, 0.15) is 0 Å². The minimum absolute atomic E-state index is 0. The summed E-state index contributed by atoms with van der Waals surface area (Å²) in [5.74, 6) is -0.313. The molecular formula is C3H8As2N3OY. The van der Waals surface area contributed by atoms with Gasteiger partial charge in [0.15, 0.2) is 0 Å². The van der Waals surface area contributed by atoms with Crippen LogP contribution in [0, 0.1) is 0 Å². The molecule has 3 N–H and O–H groups in total. The van der Waals surface area contributed by atoms with Crippen LogP contribution in [-0.2, 0) is 37.5 Å². The number of nitrogens with one attached hydrogen (secondary N) is 1. The number of nitrogens with two attached hydrogens (primary N) is 1. The number of carbonyl (C=O) groups is 1. The third-order valence-electron chi connectivity index (χ3n) is 0.608. The first kappa shape index (κ1) is 14.2. The minimum atomic E-state index is -0.313. The van der Waals surface area contributed by atoms with Gasteiger partial charge in [-0.15, -0.1) is 0 Å². The van der Waals surface area contributed by atoms with Gasteiger partial charge < -0.3 is 0 Å². The van der Waals surface area contributed by atoms with E-state index in [2.05, 4.69) is 19.1 Å². The molecule has 0 aromatic carbocycles. The molecule has 0 rings (SSSR count). The summed E-state index contributed by atoms with van der Waals surface area (Å²) in [6.45, 7) is 0.271. The fraction of sp³-hybridized carbons (Fsp3) is 0.667. The zero-order chi connectivity index (χ0) is 7.28. The number of amides is 1. The molecule has 0 atom stereocenters. The molecule has 0 bridgehead atoms. The number of rotatable bonds is 4. The number of hydrogen-bond donors (Lipinski definition) is 2. The molecule has 7 heteroatoms. The van der Waals surface area contributed by atoms with E-state index in [0.29, 0.717) is 0 Å². The maximum atomic E-state index is 10.2. The van der Waals surface area contributed by atoms with E-state index in [4.69, 9.17) is 5.73 Å². The van der Waals surface area contributed by atoms with E-state index in [9.17, 15) is 4.79 Å². The first-order valence-electron chi connectivity index (χ1n) is 2.26. The van der Waals surface area contributed by atoms with Crippen LogP contribution in [0.3, 0.4) is 0 Å². The first-order chi connectivity index (χ1) is 4.16. The monoisotopic (exact) mass is 341 g/mol. The third kappa shape index (κ3) is 9.61. The molecule has 54 valence electrons. The second-order valence-electron chi connectivity index (χ2n) is 1.52. The van der Waals surface area contributed by atoms with Crippen molar-refractivity contribution in [1.29, 1.82) is 0 Å². The first-order valence-corrected chi connectivity index (χ1v) is 8.40. The number of primary amides is 1. The number of nitrogens with zero attached hydrogens (tertiary/aromatic N) is 1. The van der Waals surface area contributed by atoms with E-state index in [1.807, 2.05) is 0 Å². The molecule has 0 heterocycles. The Balaban J connectivity index is 0. The number of likely N-dealkylation sites (N-methyl/N-ethyl adjacent to an activating group) is 1. The van der Waals surface area contributed by atoms with Crippen LogP contribution in [-0.4, -0.2) is 53.2 Å². The molecule has 0 saturated carbocycles. The van der Waals surface area contributed by atoms with Gasteiger partial charge in [-0.3, -0.25) is 0 Å². The summed E-state index contributed by atoms with van der Waals surface area (Å²) < 4.78 is 2.98. The average molecular weight is 341 g/mol. The molecule has 10 heavy (non-hydrogen) atoms. The Morgan fingerprint density at radius 3 is 2.70 bits per heavy atom. The molecule has 1 amide bonds. The van der Waals surface area contributed by atoms with Crippen molar-refractivity contribution < 1.29 is 37.5 Å². The van der Waals surface area contributed by atoms with Crippen LogP contribution in [0.2, 0.25) is 0 Å². The van der Waals surface area contributed by atoms with Gasteiger partial charge in [-0.1, -0.05) is 0 Å². The molecular weight excluding hydrogens is 333 g/mol. The van der Waals surface area contributed by atoms with Gasteiger partial charge in [-0.2, -0.15) is 0 Å². The van der Waals surface area contributed by atoms with Crippen molar-refractivity contribution in [2.45, 2.75) is 0 Å². The minimum Gasteiger partial charge on any atom is 0 e. The molecule has 4 radical (unpaired) electrons. The maximum absolute atomic E-state index is 10.2. The summed E-state index contributed by atoms with van der Waals surface area (Å²) in [7, 11) is 1.79. The van der Waals surface area contributed by atoms with Gasteiger partial charge >= 0.3 is 68.1 Å². The Hall–Kier alpha value is 1.61. The van der Waals surface area contributed by atoms with Gasteiger partial charge in [-0.05, 0) is 0 Å². The predicted octanol–water partition coefficient (Wildman–Crippen LogP) is -2.39. The van der Waals surface area contributed by atoms with Crippen molar-refractivity contribution in [2.75, 3.05) is 13.6 Å². The quantitative estimate of drug-likeness (QED) is 0.443. The van der Waals surface area contributed by atoms with E-state index in [1.54, 1.807) is 12.1 Å². The number of hydrogen-bond acceptors (Lipinski definition) is 3. The number of carbonyl (C=O) groups excluding carboxylic acids is 1. The van der Waals surface area contributed by atoms with Crippen molar-refractivity contribution in [3.8, 4) is 0 Å². The van der Waals surface area contributed by atoms with Crippen LogP contribution in [0.4, 0.5) is 0 Å². The Kier molecular flexibility index (Phi) is 12.3. The average Bonchev–Trinajstić information content (AvgIpc) is 1.63. The van der Waals surface area contributed by atoms with Crippen LogP contribution in [0.5, 0.6) is 0 Å². The van der Waals surface area contributed by atoms with E-state index < -0.39 is 0 Å². The van der Waals surface area contributed by atoms with Crippen molar-refractivity contribution in [3.05, 3.63) is 0 Å². The smallest absolute Gasteiger partial charge is 0 e. The van der Waals surface area contributed by atoms with Crippen molar-refractivity contribution in [1.82, 2.24) is 9.35 Å². The van der Waals surface area contributed by atoms with Crippen molar-refractivity contribution in [3.63, 3.8) is 0 Å². The zero-order valence-corrected chi connectivity index (χ0v) is 12.2. The van der Waals surface area contributed by atoms with Crippen LogP contribution >= 0.6 is 0 Å². The number of hydrazine groups is 1. The van der Waals surface area contributed by atoms with Gasteiger partial charge in [-0.25, -0.2) is 0 Å². The van der Waals surface area contributed by atoms with Crippen molar-refractivity contribution >= 4 is 34.6 Å². The second-order valence-corrected chi connectivity index (χ2v) is 4.54. The SMILES string of the molecule is CN(CC(N)=O)N[As][As].[Y]. The molecule has 0 aliphatic rings. The Bertz CT molecular complexity index is 104. The van der Waals surface area contributed by atoms with Crippen LogP contribution in [0.15, 0.2) is 0 Å². The van der Waals surface area contributed by atoms with Gasteiger partial charge in [0.2, 0.25) is 0 Å². The fourth-order valence-corrected chi connectivity index (χ4v) is 2.48. The zero-order valence-electron chi connectivity index (χ0n) is 5.61. The standard InChI is InChI=1S/C3H8As2N3O.Y/c1-8(7-5-4)2-3(6)9;/h7H,2H2,1H3,(H2,6,9);. The summed E-state index contributed by atoms with van der Waals surface area (Å²) in [4.78, 5) is 10.2. The van der Waals surface area contributed by atoms with E-state index in [0.717, 1.165) is 0 Å². The molecule has 0 aliphatic carbocycles. The Morgan fingerprint density at radius 1 is 1.90 bits per heavy atom. The van der Waals surface area contributed by atoms with E-state index in [-0.39, 0.29) is 59.1 Å². The Morgan fingerprint density at radius 2 is 2.40 bits per heavy atom. The third-order valence-corrected chi connectivity index (χ3v) is 2.49. The topological polar surface area (TPSA) is 58.4 Å². The summed E-state index contributed by atoms with van der Waals surface area (Å²) in [5, 5.41) is 1.68. The molecule has 0 unspecified atom stereocenters. The predicted molar refractivity (Wildman–Crippen MR) is 36.5 cm³/mol. The summed E-state index contributed by atoms with van der Waals surface area (Å²) in [6.07, 6.45) is 0.